The summed E-state index contributed by atoms with van der Waals surface area (Å²) in [5.41, 5.74) is 9.50. The van der Waals surface area contributed by atoms with Crippen LogP contribution in [0.2, 0.25) is 0 Å². The molecule has 1 saturated heterocycles. The molecule has 1 heterocycles. The van der Waals surface area contributed by atoms with Gasteiger partial charge in [0.2, 0.25) is 5.91 Å². The van der Waals surface area contributed by atoms with Crippen LogP contribution in [0.4, 0.5) is 5.69 Å². The fraction of sp³-hybridized carbons (Fsp3) is 0.611. The normalized spacial score (nSPS) is 27.2. The van der Waals surface area contributed by atoms with E-state index in [0.717, 1.165) is 30.8 Å². The molecule has 128 valence electrons. The number of likely N-dealkylation sites (tertiary alicyclic amines) is 1. The van der Waals surface area contributed by atoms with Crippen LogP contribution in [-0.2, 0) is 4.79 Å². The third kappa shape index (κ3) is 4.25. The van der Waals surface area contributed by atoms with Gasteiger partial charge in [0, 0.05) is 24.8 Å². The minimum Gasteiger partial charge on any atom is -0.327 e. The smallest absolute Gasteiger partial charge is 0.238 e. The molecule has 0 radical (unpaired) electrons. The van der Waals surface area contributed by atoms with E-state index in [1.165, 1.54) is 18.4 Å². The molecule has 3 atom stereocenters. The number of carbonyl (C=O) groups excluding carboxylic acids is 1. The standard InChI is InChI=1S/C18H27N3O.ClH/c1-12-6-7-17(13(2)8-12)20-18(22)11-21-9-14-4-3-5-16(19)15(14)10-21;/h6-8,14-16H,3-5,9-11,19H2,1-2H3,(H,20,22);1H. The van der Waals surface area contributed by atoms with Crippen LogP contribution >= 0.6 is 12.4 Å². The molecule has 0 bridgehead atoms. The number of amides is 1. The van der Waals surface area contributed by atoms with Crippen LogP contribution in [0.5, 0.6) is 0 Å². The maximum absolute atomic E-state index is 12.3. The Kier molecular flexibility index (Phi) is 6.06. The lowest BCUT2D eigenvalue weighted by molar-refractivity contribution is -0.117. The predicted molar refractivity (Wildman–Crippen MR) is 97.0 cm³/mol. The van der Waals surface area contributed by atoms with E-state index in [-0.39, 0.29) is 18.3 Å². The Hall–Kier alpha value is -1.10. The number of hydrogen-bond donors (Lipinski definition) is 2. The van der Waals surface area contributed by atoms with Crippen LogP contribution < -0.4 is 11.1 Å². The molecule has 3 rings (SSSR count). The van der Waals surface area contributed by atoms with Crippen molar-refractivity contribution in [2.24, 2.45) is 17.6 Å². The molecule has 0 spiro atoms. The van der Waals surface area contributed by atoms with Crippen molar-refractivity contribution in [1.29, 1.82) is 0 Å². The zero-order valence-electron chi connectivity index (χ0n) is 14.0. The van der Waals surface area contributed by atoms with Crippen molar-refractivity contribution >= 4 is 24.0 Å². The molecule has 4 nitrogen and oxygen atoms in total. The number of nitrogens with zero attached hydrogens (tertiary/aromatic N) is 1. The maximum Gasteiger partial charge on any atom is 0.238 e. The van der Waals surface area contributed by atoms with Crippen LogP contribution in [0.25, 0.3) is 0 Å². The molecule has 1 saturated carbocycles. The first-order valence-electron chi connectivity index (χ1n) is 8.38. The number of aryl methyl sites for hydroxylation is 2. The lowest BCUT2D eigenvalue weighted by Crippen LogP contribution is -2.38. The first-order valence-corrected chi connectivity index (χ1v) is 8.38. The minimum absolute atomic E-state index is 0. The Morgan fingerprint density at radius 1 is 1.30 bits per heavy atom. The highest BCUT2D eigenvalue weighted by molar-refractivity contribution is 5.93. The summed E-state index contributed by atoms with van der Waals surface area (Å²) in [5.74, 6) is 1.36. The molecule has 1 aromatic rings. The van der Waals surface area contributed by atoms with E-state index in [0.29, 0.717) is 24.4 Å². The van der Waals surface area contributed by atoms with E-state index in [4.69, 9.17) is 5.73 Å². The van der Waals surface area contributed by atoms with Gasteiger partial charge in [0.1, 0.15) is 0 Å². The van der Waals surface area contributed by atoms with Crippen molar-refractivity contribution in [3.8, 4) is 0 Å². The van der Waals surface area contributed by atoms with Crippen molar-refractivity contribution in [3.05, 3.63) is 29.3 Å². The summed E-state index contributed by atoms with van der Waals surface area (Å²) < 4.78 is 0. The van der Waals surface area contributed by atoms with Gasteiger partial charge in [-0.2, -0.15) is 0 Å². The lowest BCUT2D eigenvalue weighted by Gasteiger charge is -2.29. The van der Waals surface area contributed by atoms with Crippen LogP contribution in [0.3, 0.4) is 0 Å². The number of rotatable bonds is 3. The number of fused-ring (bicyclic) bond motifs is 1. The number of carbonyl (C=O) groups is 1. The van der Waals surface area contributed by atoms with Crippen molar-refractivity contribution in [1.82, 2.24) is 4.90 Å². The predicted octanol–water partition coefficient (Wildman–Crippen LogP) is 2.72. The summed E-state index contributed by atoms with van der Waals surface area (Å²) in [5, 5.41) is 3.04. The summed E-state index contributed by atoms with van der Waals surface area (Å²) in [6.45, 7) is 6.58. The van der Waals surface area contributed by atoms with Gasteiger partial charge in [0.05, 0.1) is 6.54 Å². The molecule has 3 N–H and O–H groups in total. The Morgan fingerprint density at radius 3 is 2.78 bits per heavy atom. The van der Waals surface area contributed by atoms with E-state index in [1.54, 1.807) is 0 Å². The van der Waals surface area contributed by atoms with E-state index in [2.05, 4.69) is 23.2 Å². The molecular weight excluding hydrogens is 310 g/mol. The number of halogens is 1. The van der Waals surface area contributed by atoms with Gasteiger partial charge in [0.15, 0.2) is 0 Å². The van der Waals surface area contributed by atoms with Gasteiger partial charge in [-0.1, -0.05) is 24.1 Å². The third-order valence-electron chi connectivity index (χ3n) is 5.25. The SMILES string of the molecule is Cc1ccc(NC(=O)CN2CC3CCCC(N)C3C2)c(C)c1.Cl. The molecule has 23 heavy (non-hydrogen) atoms. The van der Waals surface area contributed by atoms with Crippen LogP contribution in [-0.4, -0.2) is 36.5 Å². The number of anilines is 1. The summed E-state index contributed by atoms with van der Waals surface area (Å²) >= 11 is 0. The highest BCUT2D eigenvalue weighted by Crippen LogP contribution is 2.35. The molecule has 1 aliphatic carbocycles. The number of nitrogens with one attached hydrogen (secondary N) is 1. The first-order chi connectivity index (χ1) is 10.5. The number of nitrogens with two attached hydrogens (primary N) is 1. The second-order valence-electron chi connectivity index (χ2n) is 7.08. The molecule has 3 unspecified atom stereocenters. The van der Waals surface area contributed by atoms with Crippen molar-refractivity contribution in [2.75, 3.05) is 25.0 Å². The second kappa shape index (κ2) is 7.65. The lowest BCUT2D eigenvalue weighted by atomic mass is 9.78. The first kappa shape index (κ1) is 18.2. The van der Waals surface area contributed by atoms with Crippen molar-refractivity contribution in [2.45, 2.75) is 39.2 Å². The van der Waals surface area contributed by atoms with Gasteiger partial charge in [-0.15, -0.1) is 12.4 Å². The largest absolute Gasteiger partial charge is 0.327 e. The molecular formula is C18H28ClN3O. The fourth-order valence-electron chi connectivity index (χ4n) is 4.08. The van der Waals surface area contributed by atoms with Crippen molar-refractivity contribution in [3.63, 3.8) is 0 Å². The number of benzene rings is 1. The van der Waals surface area contributed by atoms with Crippen LogP contribution in [0.15, 0.2) is 18.2 Å². The second-order valence-corrected chi connectivity index (χ2v) is 7.08. The van der Waals surface area contributed by atoms with Gasteiger partial charge in [-0.05, 0) is 50.2 Å². The fourth-order valence-corrected chi connectivity index (χ4v) is 4.08. The molecule has 2 aliphatic rings. The molecule has 1 aliphatic heterocycles. The minimum atomic E-state index is 0. The van der Waals surface area contributed by atoms with Crippen molar-refractivity contribution < 1.29 is 4.79 Å². The zero-order chi connectivity index (χ0) is 15.7. The van der Waals surface area contributed by atoms with E-state index in [9.17, 15) is 4.79 Å². The average molecular weight is 338 g/mol. The highest BCUT2D eigenvalue weighted by Gasteiger charge is 2.38. The average Bonchev–Trinajstić information content (AvgIpc) is 2.86. The molecule has 0 aromatic heterocycles. The van der Waals surface area contributed by atoms with Gasteiger partial charge in [-0.25, -0.2) is 0 Å². The Labute approximate surface area is 145 Å². The van der Waals surface area contributed by atoms with Gasteiger partial charge in [0.25, 0.3) is 0 Å². The van der Waals surface area contributed by atoms with Gasteiger partial charge >= 0.3 is 0 Å². The summed E-state index contributed by atoms with van der Waals surface area (Å²) in [4.78, 5) is 14.6. The number of hydrogen-bond acceptors (Lipinski definition) is 3. The van der Waals surface area contributed by atoms with E-state index >= 15 is 0 Å². The molecule has 5 heteroatoms. The Morgan fingerprint density at radius 2 is 2.09 bits per heavy atom. The zero-order valence-corrected chi connectivity index (χ0v) is 14.9. The molecule has 1 aromatic carbocycles. The summed E-state index contributed by atoms with van der Waals surface area (Å²) in [6, 6.07) is 6.44. The quantitative estimate of drug-likeness (QED) is 0.891. The maximum atomic E-state index is 12.3. The summed E-state index contributed by atoms with van der Waals surface area (Å²) in [7, 11) is 0. The topological polar surface area (TPSA) is 58.4 Å². The monoisotopic (exact) mass is 337 g/mol. The Bertz CT molecular complexity index is 563. The van der Waals surface area contributed by atoms with E-state index < -0.39 is 0 Å². The third-order valence-corrected chi connectivity index (χ3v) is 5.25. The highest BCUT2D eigenvalue weighted by atomic mass is 35.5. The molecule has 2 fully saturated rings. The Balaban J connectivity index is 0.00000192. The molecule has 1 amide bonds. The van der Waals surface area contributed by atoms with E-state index in [1.807, 2.05) is 19.1 Å². The van der Waals surface area contributed by atoms with Crippen LogP contribution in [0, 0.1) is 25.7 Å². The van der Waals surface area contributed by atoms with Gasteiger partial charge in [-0.3, -0.25) is 9.69 Å². The van der Waals surface area contributed by atoms with Gasteiger partial charge < -0.3 is 11.1 Å². The van der Waals surface area contributed by atoms with Crippen LogP contribution in [0.1, 0.15) is 30.4 Å². The summed E-state index contributed by atoms with van der Waals surface area (Å²) in [6.07, 6.45) is 3.66.